The van der Waals surface area contributed by atoms with E-state index in [4.69, 9.17) is 5.11 Å². The van der Waals surface area contributed by atoms with Gasteiger partial charge in [0.25, 0.3) is 11.5 Å². The quantitative estimate of drug-likeness (QED) is 0.316. The van der Waals surface area contributed by atoms with E-state index in [1.165, 1.54) is 24.4 Å². The van der Waals surface area contributed by atoms with Crippen molar-refractivity contribution in [1.29, 1.82) is 0 Å². The van der Waals surface area contributed by atoms with Crippen molar-refractivity contribution in [2.75, 3.05) is 13.6 Å². The zero-order valence-corrected chi connectivity index (χ0v) is 17.9. The van der Waals surface area contributed by atoms with Crippen LogP contribution in [0.1, 0.15) is 34.5 Å². The number of carboxylic acid groups (broad SMARTS) is 1. The number of amides is 1. The Balaban J connectivity index is 2.32. The number of carboxylic acids is 1. The number of pyridine rings is 1. The molecule has 0 bridgehead atoms. The van der Waals surface area contributed by atoms with Crippen molar-refractivity contribution in [3.63, 3.8) is 0 Å². The number of halogens is 4. The highest BCUT2D eigenvalue weighted by Crippen LogP contribution is 2.35. The summed E-state index contributed by atoms with van der Waals surface area (Å²) >= 11 is 0. The van der Waals surface area contributed by atoms with E-state index in [1.54, 1.807) is 7.05 Å². The summed E-state index contributed by atoms with van der Waals surface area (Å²) in [5.41, 5.74) is -2.24. The lowest BCUT2D eigenvalue weighted by Crippen LogP contribution is -2.73. The van der Waals surface area contributed by atoms with Crippen LogP contribution >= 0.6 is 0 Å². The van der Waals surface area contributed by atoms with E-state index < -0.39 is 58.9 Å². The molecule has 3 rings (SSSR count). The van der Waals surface area contributed by atoms with Gasteiger partial charge in [0.05, 0.1) is 24.0 Å². The fourth-order valence-corrected chi connectivity index (χ4v) is 3.67. The molecule has 0 aliphatic carbocycles. The van der Waals surface area contributed by atoms with Crippen LogP contribution in [-0.4, -0.2) is 40.2 Å². The van der Waals surface area contributed by atoms with Crippen LogP contribution in [0.4, 0.5) is 23.2 Å². The van der Waals surface area contributed by atoms with E-state index in [0.29, 0.717) is 0 Å². The monoisotopic (exact) mass is 482 g/mol. The smallest absolute Gasteiger partial charge is 0.416 e. The van der Waals surface area contributed by atoms with E-state index in [9.17, 15) is 37.1 Å². The molecule has 1 unspecified atom stereocenters. The predicted octanol–water partition coefficient (Wildman–Crippen LogP) is 2.11. The Bertz CT molecular complexity index is 1330. The molecular weight excluding hydrogens is 462 g/mol. The molecule has 5 N–H and O–H groups in total. The lowest BCUT2D eigenvalue weighted by molar-refractivity contribution is -0.538. The van der Waals surface area contributed by atoms with Crippen LogP contribution in [0.3, 0.4) is 0 Å². The van der Waals surface area contributed by atoms with Crippen LogP contribution in [0.2, 0.25) is 0 Å². The van der Waals surface area contributed by atoms with Crippen LogP contribution in [0.15, 0.2) is 41.2 Å². The Morgan fingerprint density at radius 1 is 1.18 bits per heavy atom. The molecule has 0 saturated heterocycles. The number of hydrogen-bond acceptors (Lipinski definition) is 4. The van der Waals surface area contributed by atoms with Crippen LogP contribution in [0.5, 0.6) is 5.75 Å². The molecule has 2 aromatic carbocycles. The molecule has 180 valence electrons. The Kier molecular flexibility index (Phi) is 6.64. The van der Waals surface area contributed by atoms with Gasteiger partial charge in [-0.05, 0) is 30.7 Å². The molecule has 0 aliphatic rings. The minimum absolute atomic E-state index is 0.0496. The topological polar surface area (TPSA) is 125 Å². The van der Waals surface area contributed by atoms with Crippen molar-refractivity contribution < 1.29 is 42.7 Å². The lowest BCUT2D eigenvalue weighted by atomic mass is 10.0. The third-order valence-corrected chi connectivity index (χ3v) is 5.32. The predicted molar refractivity (Wildman–Crippen MR) is 113 cm³/mol. The first-order chi connectivity index (χ1) is 15.9. The molecule has 3 aromatic rings. The molecule has 0 aliphatic heterocycles. The molecule has 1 amide bonds. The first-order valence-corrected chi connectivity index (χ1v) is 9.94. The fraction of sp³-hybridized carbons (Fsp3) is 0.227. The minimum atomic E-state index is -4.57. The Morgan fingerprint density at radius 3 is 2.32 bits per heavy atom. The third kappa shape index (κ3) is 4.57. The number of nitrogens with two attached hydrogens (primary N) is 1. The number of rotatable bonds is 6. The largest absolute Gasteiger partial charge is 0.506 e. The van der Waals surface area contributed by atoms with Gasteiger partial charge in [-0.1, -0.05) is 12.1 Å². The van der Waals surface area contributed by atoms with E-state index in [0.717, 1.165) is 28.8 Å². The number of hydrogen-bond donors (Lipinski definition) is 4. The zero-order valence-electron chi connectivity index (χ0n) is 17.9. The van der Waals surface area contributed by atoms with Gasteiger partial charge >= 0.3 is 12.1 Å². The molecular formula is C22H20F4N3O5+. The molecule has 0 spiro atoms. The summed E-state index contributed by atoms with van der Waals surface area (Å²) < 4.78 is 54.2. The maximum atomic E-state index is 14.3. The molecule has 12 heteroatoms. The summed E-state index contributed by atoms with van der Waals surface area (Å²) in [4.78, 5) is 36.8. The number of carbonyl (C=O) groups excluding carboxylic acids is 1. The van der Waals surface area contributed by atoms with E-state index in [-0.39, 0.29) is 22.2 Å². The van der Waals surface area contributed by atoms with Gasteiger partial charge < -0.3 is 20.8 Å². The van der Waals surface area contributed by atoms with E-state index in [1.807, 2.05) is 5.32 Å². The van der Waals surface area contributed by atoms with Gasteiger partial charge in [-0.15, -0.1) is 0 Å². The summed E-state index contributed by atoms with van der Waals surface area (Å²) in [6, 6.07) is 5.07. The average molecular weight is 482 g/mol. The SMILES string of the molecule is C[NH2+]c1cc(F)cc2c(O)c(C(=O)NCC(=O)O)c(=O)n(C(C)c3ccc(C(F)(F)F)cc3)c12. The van der Waals surface area contributed by atoms with Gasteiger partial charge in [-0.3, -0.25) is 19.0 Å². The number of fused-ring (bicyclic) bond motifs is 1. The first-order valence-electron chi connectivity index (χ1n) is 9.94. The number of nitrogens with one attached hydrogen (secondary N) is 1. The minimum Gasteiger partial charge on any atom is -0.506 e. The van der Waals surface area contributed by atoms with Crippen LogP contribution in [0.25, 0.3) is 10.9 Å². The zero-order chi connectivity index (χ0) is 25.4. The van der Waals surface area contributed by atoms with Gasteiger partial charge in [0.1, 0.15) is 29.2 Å². The molecule has 1 aromatic heterocycles. The number of carbonyl (C=O) groups is 2. The summed E-state index contributed by atoms with van der Waals surface area (Å²) in [6.45, 7) is 0.642. The number of quaternary nitrogens is 1. The normalized spacial score (nSPS) is 12.5. The van der Waals surface area contributed by atoms with Crippen molar-refractivity contribution in [3.8, 4) is 5.75 Å². The van der Waals surface area contributed by atoms with Gasteiger partial charge in [0, 0.05) is 6.07 Å². The molecule has 1 atom stereocenters. The number of alkyl halides is 3. The lowest BCUT2D eigenvalue weighted by Gasteiger charge is -2.22. The number of aromatic hydroxyl groups is 1. The maximum Gasteiger partial charge on any atom is 0.416 e. The molecule has 34 heavy (non-hydrogen) atoms. The van der Waals surface area contributed by atoms with Gasteiger partial charge in [0.15, 0.2) is 5.69 Å². The van der Waals surface area contributed by atoms with Gasteiger partial charge in [-0.25, -0.2) is 4.39 Å². The molecule has 0 radical (unpaired) electrons. The summed E-state index contributed by atoms with van der Waals surface area (Å²) in [6.07, 6.45) is -4.57. The highest BCUT2D eigenvalue weighted by molar-refractivity contribution is 6.04. The number of nitrogens with zero attached hydrogens (tertiary/aromatic N) is 1. The van der Waals surface area contributed by atoms with Crippen molar-refractivity contribution >= 4 is 28.5 Å². The Hall–Kier alpha value is -3.93. The Labute approximate surface area is 189 Å². The van der Waals surface area contributed by atoms with Crippen molar-refractivity contribution in [3.05, 3.63) is 69.3 Å². The second-order valence-corrected chi connectivity index (χ2v) is 7.45. The number of aliphatic carboxylic acids is 1. The number of benzene rings is 2. The summed E-state index contributed by atoms with van der Waals surface area (Å²) in [5.74, 6) is -4.23. The summed E-state index contributed by atoms with van der Waals surface area (Å²) in [7, 11) is 1.55. The van der Waals surface area contributed by atoms with Crippen LogP contribution in [0, 0.1) is 5.82 Å². The molecule has 1 heterocycles. The third-order valence-electron chi connectivity index (χ3n) is 5.32. The standard InChI is InChI=1S/C22H19F4N3O5/c1-10(11-3-5-12(6-4-11)22(24,25)26)29-18-14(7-13(23)8-15(18)27-2)19(32)17(21(29)34)20(33)28-9-16(30)31/h3-8,10,27,32H,9H2,1-2H3,(H,28,33)(H,30,31)/p+1. The van der Waals surface area contributed by atoms with Gasteiger partial charge in [0.2, 0.25) is 0 Å². The molecule has 0 fully saturated rings. The highest BCUT2D eigenvalue weighted by Gasteiger charge is 2.31. The van der Waals surface area contributed by atoms with E-state index >= 15 is 0 Å². The van der Waals surface area contributed by atoms with Crippen molar-refractivity contribution in [2.24, 2.45) is 0 Å². The Morgan fingerprint density at radius 2 is 1.79 bits per heavy atom. The van der Waals surface area contributed by atoms with Crippen molar-refractivity contribution in [1.82, 2.24) is 9.88 Å². The van der Waals surface area contributed by atoms with Gasteiger partial charge in [-0.2, -0.15) is 13.2 Å². The maximum absolute atomic E-state index is 14.3. The van der Waals surface area contributed by atoms with Crippen molar-refractivity contribution in [2.45, 2.75) is 19.1 Å². The highest BCUT2D eigenvalue weighted by atomic mass is 19.4. The van der Waals surface area contributed by atoms with Crippen LogP contribution < -0.4 is 16.2 Å². The second-order valence-electron chi connectivity index (χ2n) is 7.45. The number of aromatic nitrogens is 1. The van der Waals surface area contributed by atoms with E-state index in [2.05, 4.69) is 0 Å². The van der Waals surface area contributed by atoms with Crippen LogP contribution in [-0.2, 0) is 11.0 Å². The average Bonchev–Trinajstić information content (AvgIpc) is 2.77. The second kappa shape index (κ2) is 9.14. The molecule has 0 saturated carbocycles. The summed E-state index contributed by atoms with van der Waals surface area (Å²) in [5, 5.41) is 22.7. The first kappa shape index (κ1) is 24.7. The fourth-order valence-electron chi connectivity index (χ4n) is 3.67. The molecule has 8 nitrogen and oxygen atoms in total.